The molecule has 1 aliphatic rings. The van der Waals surface area contributed by atoms with Crippen molar-refractivity contribution in [3.8, 4) is 0 Å². The third kappa shape index (κ3) is 2.43. The first-order chi connectivity index (χ1) is 6.38. The fourth-order valence-corrected chi connectivity index (χ4v) is 1.41. The van der Waals surface area contributed by atoms with Gasteiger partial charge in [0.2, 0.25) is 0 Å². The molecule has 1 unspecified atom stereocenters. The summed E-state index contributed by atoms with van der Waals surface area (Å²) in [5.41, 5.74) is 2.64. The molecule has 1 heterocycles. The molecule has 13 heavy (non-hydrogen) atoms. The molecule has 68 valence electrons. The number of ether oxygens (including phenoxy) is 1. The maximum atomic E-state index is 5.18. The predicted molar refractivity (Wildman–Crippen MR) is 54.6 cm³/mol. The molecule has 1 aromatic carbocycles. The minimum atomic E-state index is 0.493. The molecule has 1 heteroatoms. The average Bonchev–Trinajstić information content (AvgIpc) is 2.93. The maximum absolute atomic E-state index is 5.18. The summed E-state index contributed by atoms with van der Waals surface area (Å²) in [7, 11) is 0. The summed E-state index contributed by atoms with van der Waals surface area (Å²) in [5.74, 6) is 0. The Bertz CT molecular complexity index is 293. The van der Waals surface area contributed by atoms with Crippen molar-refractivity contribution in [2.45, 2.75) is 19.4 Å². The molecule has 0 amide bonds. The quantitative estimate of drug-likeness (QED) is 0.642. The first-order valence-corrected chi connectivity index (χ1v) is 4.72. The topological polar surface area (TPSA) is 12.5 Å². The van der Waals surface area contributed by atoms with Crippen LogP contribution in [-0.4, -0.2) is 12.7 Å². The van der Waals surface area contributed by atoms with E-state index in [1.165, 1.54) is 11.1 Å². The van der Waals surface area contributed by atoms with Crippen LogP contribution >= 0.6 is 0 Å². The van der Waals surface area contributed by atoms with Crippen molar-refractivity contribution in [3.05, 3.63) is 41.5 Å². The molecule has 1 aromatic rings. The average molecular weight is 174 g/mol. The summed E-state index contributed by atoms with van der Waals surface area (Å²) < 4.78 is 5.18. The van der Waals surface area contributed by atoms with Crippen LogP contribution in [0, 0.1) is 0 Å². The molecule has 2 rings (SSSR count). The van der Waals surface area contributed by atoms with E-state index < -0.39 is 0 Å². The monoisotopic (exact) mass is 174 g/mol. The second kappa shape index (κ2) is 3.75. The van der Waals surface area contributed by atoms with E-state index in [-0.39, 0.29) is 0 Å². The normalized spacial score (nSPS) is 20.8. The maximum Gasteiger partial charge on any atom is 0.0850 e. The molecule has 0 radical (unpaired) electrons. The minimum Gasteiger partial charge on any atom is -0.373 e. The number of allylic oxidation sites excluding steroid dienone is 1. The molecular formula is C12H14O. The van der Waals surface area contributed by atoms with Crippen LogP contribution in [0.25, 0.3) is 6.08 Å². The molecule has 1 nitrogen and oxygen atoms in total. The molecule has 1 fully saturated rings. The molecule has 0 N–H and O–H groups in total. The van der Waals surface area contributed by atoms with Crippen LogP contribution in [0.5, 0.6) is 0 Å². The van der Waals surface area contributed by atoms with Crippen molar-refractivity contribution < 1.29 is 4.74 Å². The van der Waals surface area contributed by atoms with Gasteiger partial charge in [-0.2, -0.15) is 0 Å². The first kappa shape index (κ1) is 8.52. The van der Waals surface area contributed by atoms with Gasteiger partial charge in [0.05, 0.1) is 12.7 Å². The Hall–Kier alpha value is -1.08. The summed E-state index contributed by atoms with van der Waals surface area (Å²) in [6.07, 6.45) is 5.72. The Morgan fingerprint density at radius 2 is 2.08 bits per heavy atom. The van der Waals surface area contributed by atoms with Gasteiger partial charge in [-0.25, -0.2) is 0 Å². The summed E-state index contributed by atoms with van der Waals surface area (Å²) in [6, 6.07) is 8.66. The van der Waals surface area contributed by atoms with E-state index in [9.17, 15) is 0 Å². The Kier molecular flexibility index (Phi) is 2.46. The second-order valence-corrected chi connectivity index (χ2v) is 3.40. The van der Waals surface area contributed by atoms with E-state index in [0.29, 0.717) is 6.10 Å². The van der Waals surface area contributed by atoms with Gasteiger partial charge in [0, 0.05) is 6.42 Å². The van der Waals surface area contributed by atoms with E-state index in [1.54, 1.807) is 0 Å². The van der Waals surface area contributed by atoms with Gasteiger partial charge in [0.1, 0.15) is 0 Å². The van der Waals surface area contributed by atoms with Gasteiger partial charge in [-0.15, -0.1) is 0 Å². The van der Waals surface area contributed by atoms with Crippen molar-refractivity contribution in [3.63, 3.8) is 0 Å². The Labute approximate surface area is 79.0 Å². The van der Waals surface area contributed by atoms with Crippen molar-refractivity contribution >= 4 is 6.08 Å². The zero-order valence-electron chi connectivity index (χ0n) is 7.86. The van der Waals surface area contributed by atoms with Gasteiger partial charge >= 0.3 is 0 Å². The molecule has 1 aliphatic heterocycles. The lowest BCUT2D eigenvalue weighted by atomic mass is 10.1. The van der Waals surface area contributed by atoms with Crippen LogP contribution in [0.3, 0.4) is 0 Å². The third-order valence-corrected chi connectivity index (χ3v) is 2.20. The molecule has 0 aromatic heterocycles. The SMILES string of the molecule is CC=Cc1ccc(CC2CO2)cc1. The van der Waals surface area contributed by atoms with Crippen LogP contribution in [0.2, 0.25) is 0 Å². The highest BCUT2D eigenvalue weighted by Gasteiger charge is 2.22. The van der Waals surface area contributed by atoms with Crippen molar-refractivity contribution in [1.29, 1.82) is 0 Å². The lowest BCUT2D eigenvalue weighted by Crippen LogP contribution is -1.91. The highest BCUT2D eigenvalue weighted by molar-refractivity contribution is 5.49. The van der Waals surface area contributed by atoms with Crippen LogP contribution in [-0.2, 0) is 11.2 Å². The summed E-state index contributed by atoms with van der Waals surface area (Å²) in [6.45, 7) is 2.97. The molecular weight excluding hydrogens is 160 g/mol. The van der Waals surface area contributed by atoms with E-state index in [1.807, 2.05) is 6.92 Å². The van der Waals surface area contributed by atoms with Crippen LogP contribution < -0.4 is 0 Å². The number of hydrogen-bond acceptors (Lipinski definition) is 1. The lowest BCUT2D eigenvalue weighted by molar-refractivity contribution is 0.407. The highest BCUT2D eigenvalue weighted by atomic mass is 16.6. The molecule has 0 spiro atoms. The molecule has 0 aliphatic carbocycles. The predicted octanol–water partition coefficient (Wildman–Crippen LogP) is 2.66. The zero-order chi connectivity index (χ0) is 9.10. The van der Waals surface area contributed by atoms with Crippen LogP contribution in [0.15, 0.2) is 30.3 Å². The standard InChI is InChI=1S/C12H14O/c1-2-3-10-4-6-11(7-5-10)8-12-9-13-12/h2-7,12H,8-9H2,1H3. The van der Waals surface area contributed by atoms with Gasteiger partial charge in [-0.05, 0) is 18.1 Å². The van der Waals surface area contributed by atoms with Gasteiger partial charge in [0.25, 0.3) is 0 Å². The summed E-state index contributed by atoms with van der Waals surface area (Å²) >= 11 is 0. The van der Waals surface area contributed by atoms with Crippen molar-refractivity contribution in [2.24, 2.45) is 0 Å². The zero-order valence-corrected chi connectivity index (χ0v) is 7.86. The van der Waals surface area contributed by atoms with Gasteiger partial charge in [0.15, 0.2) is 0 Å². The Balaban J connectivity index is 2.03. The first-order valence-electron chi connectivity index (χ1n) is 4.72. The van der Waals surface area contributed by atoms with E-state index in [0.717, 1.165) is 13.0 Å². The van der Waals surface area contributed by atoms with E-state index >= 15 is 0 Å². The summed E-state index contributed by atoms with van der Waals surface area (Å²) in [4.78, 5) is 0. The second-order valence-electron chi connectivity index (χ2n) is 3.40. The van der Waals surface area contributed by atoms with Crippen molar-refractivity contribution in [1.82, 2.24) is 0 Å². The highest BCUT2D eigenvalue weighted by Crippen LogP contribution is 2.16. The van der Waals surface area contributed by atoms with Crippen molar-refractivity contribution in [2.75, 3.05) is 6.61 Å². The number of epoxide rings is 1. The smallest absolute Gasteiger partial charge is 0.0850 e. The fourth-order valence-electron chi connectivity index (χ4n) is 1.41. The Morgan fingerprint density at radius 1 is 1.38 bits per heavy atom. The molecule has 0 bridgehead atoms. The fraction of sp³-hybridized carbons (Fsp3) is 0.333. The van der Waals surface area contributed by atoms with Crippen LogP contribution in [0.1, 0.15) is 18.1 Å². The van der Waals surface area contributed by atoms with Gasteiger partial charge in [-0.3, -0.25) is 0 Å². The number of benzene rings is 1. The van der Waals surface area contributed by atoms with Crippen LogP contribution in [0.4, 0.5) is 0 Å². The molecule has 1 atom stereocenters. The Morgan fingerprint density at radius 3 is 2.62 bits per heavy atom. The third-order valence-electron chi connectivity index (χ3n) is 2.20. The van der Waals surface area contributed by atoms with Gasteiger partial charge in [-0.1, -0.05) is 36.4 Å². The lowest BCUT2D eigenvalue weighted by Gasteiger charge is -1.98. The molecule has 1 saturated heterocycles. The van der Waals surface area contributed by atoms with E-state index in [2.05, 4.69) is 36.4 Å². The largest absolute Gasteiger partial charge is 0.373 e. The summed E-state index contributed by atoms with van der Waals surface area (Å²) in [5, 5.41) is 0. The minimum absolute atomic E-state index is 0.493. The van der Waals surface area contributed by atoms with E-state index in [4.69, 9.17) is 4.74 Å². The molecule has 0 saturated carbocycles. The van der Waals surface area contributed by atoms with Gasteiger partial charge < -0.3 is 4.74 Å². The number of hydrogen-bond donors (Lipinski definition) is 0. The number of rotatable bonds is 3.